The van der Waals surface area contributed by atoms with Crippen molar-refractivity contribution >= 4 is 11.8 Å². The molecule has 0 spiro atoms. The van der Waals surface area contributed by atoms with Gasteiger partial charge in [-0.15, -0.1) is 0 Å². The molecule has 1 unspecified atom stereocenters. The van der Waals surface area contributed by atoms with E-state index in [2.05, 4.69) is 43.8 Å². The Bertz CT molecular complexity index is 369. The van der Waals surface area contributed by atoms with E-state index in [-0.39, 0.29) is 0 Å². The first-order chi connectivity index (χ1) is 8.22. The molecular formula is C15H23NS. The Morgan fingerprint density at radius 1 is 1.29 bits per heavy atom. The van der Waals surface area contributed by atoms with Crippen LogP contribution in [-0.4, -0.2) is 18.1 Å². The SMILES string of the molecule is Cc1ccc(C(CN)C2CCSCC2)c(C)c1. The Morgan fingerprint density at radius 2 is 2.00 bits per heavy atom. The molecule has 1 heterocycles. The minimum Gasteiger partial charge on any atom is -0.330 e. The van der Waals surface area contributed by atoms with Crippen LogP contribution in [0, 0.1) is 19.8 Å². The smallest absolute Gasteiger partial charge is 0.000545 e. The topological polar surface area (TPSA) is 26.0 Å². The Labute approximate surface area is 109 Å². The van der Waals surface area contributed by atoms with E-state index in [9.17, 15) is 0 Å². The largest absolute Gasteiger partial charge is 0.330 e. The van der Waals surface area contributed by atoms with Gasteiger partial charge in [0.05, 0.1) is 0 Å². The predicted octanol–water partition coefficient (Wildman–Crippen LogP) is 3.49. The summed E-state index contributed by atoms with van der Waals surface area (Å²) in [6.07, 6.45) is 2.67. The van der Waals surface area contributed by atoms with Crippen LogP contribution in [0.3, 0.4) is 0 Å². The van der Waals surface area contributed by atoms with Gasteiger partial charge in [0.2, 0.25) is 0 Å². The van der Waals surface area contributed by atoms with Crippen molar-refractivity contribution in [3.63, 3.8) is 0 Å². The number of benzene rings is 1. The lowest BCUT2D eigenvalue weighted by Gasteiger charge is -2.30. The molecular weight excluding hydrogens is 226 g/mol. The molecule has 1 aliphatic heterocycles. The van der Waals surface area contributed by atoms with E-state index >= 15 is 0 Å². The lowest BCUT2D eigenvalue weighted by atomic mass is 9.80. The first kappa shape index (κ1) is 13.0. The van der Waals surface area contributed by atoms with E-state index in [4.69, 9.17) is 5.73 Å². The van der Waals surface area contributed by atoms with Crippen LogP contribution in [0.1, 0.15) is 35.4 Å². The molecule has 0 aliphatic carbocycles. The molecule has 1 aromatic rings. The lowest BCUT2D eigenvalue weighted by molar-refractivity contribution is 0.399. The van der Waals surface area contributed by atoms with E-state index in [1.807, 2.05) is 0 Å². The van der Waals surface area contributed by atoms with Gasteiger partial charge < -0.3 is 5.73 Å². The molecule has 1 saturated heterocycles. The van der Waals surface area contributed by atoms with Crippen LogP contribution in [0.25, 0.3) is 0 Å². The van der Waals surface area contributed by atoms with Gasteiger partial charge in [0, 0.05) is 0 Å². The fraction of sp³-hybridized carbons (Fsp3) is 0.600. The van der Waals surface area contributed by atoms with Crippen molar-refractivity contribution in [3.8, 4) is 0 Å². The fourth-order valence-corrected chi connectivity index (χ4v) is 4.08. The third kappa shape index (κ3) is 3.05. The summed E-state index contributed by atoms with van der Waals surface area (Å²) in [5, 5.41) is 0. The van der Waals surface area contributed by atoms with Crippen LogP contribution < -0.4 is 5.73 Å². The molecule has 1 atom stereocenters. The molecule has 1 fully saturated rings. The van der Waals surface area contributed by atoms with E-state index < -0.39 is 0 Å². The summed E-state index contributed by atoms with van der Waals surface area (Å²) in [6.45, 7) is 5.17. The van der Waals surface area contributed by atoms with Crippen molar-refractivity contribution in [1.29, 1.82) is 0 Å². The standard InChI is InChI=1S/C15H23NS/c1-11-3-4-14(12(2)9-11)15(10-16)13-5-7-17-8-6-13/h3-4,9,13,15H,5-8,10,16H2,1-2H3. The maximum Gasteiger partial charge on any atom is -0.000545 e. The highest BCUT2D eigenvalue weighted by molar-refractivity contribution is 7.99. The number of nitrogens with two attached hydrogens (primary N) is 1. The Balaban J connectivity index is 2.21. The van der Waals surface area contributed by atoms with Gasteiger partial charge in [-0.1, -0.05) is 23.8 Å². The van der Waals surface area contributed by atoms with E-state index in [1.54, 1.807) is 0 Å². The lowest BCUT2D eigenvalue weighted by Crippen LogP contribution is -2.25. The van der Waals surface area contributed by atoms with Gasteiger partial charge in [-0.3, -0.25) is 0 Å². The average molecular weight is 249 g/mol. The zero-order valence-corrected chi connectivity index (χ0v) is 11.7. The van der Waals surface area contributed by atoms with E-state index in [0.717, 1.165) is 12.5 Å². The van der Waals surface area contributed by atoms with Gasteiger partial charge in [-0.05, 0) is 67.7 Å². The molecule has 2 N–H and O–H groups in total. The number of thioether (sulfide) groups is 1. The first-order valence-corrected chi connectivity index (χ1v) is 7.73. The first-order valence-electron chi connectivity index (χ1n) is 6.57. The van der Waals surface area contributed by atoms with Gasteiger partial charge in [0.1, 0.15) is 0 Å². The van der Waals surface area contributed by atoms with Crippen LogP contribution in [0.15, 0.2) is 18.2 Å². The average Bonchev–Trinajstić information content (AvgIpc) is 2.34. The number of rotatable bonds is 3. The van der Waals surface area contributed by atoms with Gasteiger partial charge in [0.15, 0.2) is 0 Å². The Kier molecular flexibility index (Phi) is 4.52. The summed E-state index contributed by atoms with van der Waals surface area (Å²) in [6, 6.07) is 6.81. The second kappa shape index (κ2) is 5.92. The highest BCUT2D eigenvalue weighted by Crippen LogP contribution is 2.35. The van der Waals surface area contributed by atoms with Gasteiger partial charge in [-0.25, -0.2) is 0 Å². The number of hydrogen-bond acceptors (Lipinski definition) is 2. The van der Waals surface area contributed by atoms with Crippen LogP contribution in [0.5, 0.6) is 0 Å². The molecule has 1 aliphatic rings. The maximum absolute atomic E-state index is 6.04. The molecule has 0 aromatic heterocycles. The van der Waals surface area contributed by atoms with Gasteiger partial charge in [-0.2, -0.15) is 11.8 Å². The minimum atomic E-state index is 0.566. The highest BCUT2D eigenvalue weighted by Gasteiger charge is 2.25. The van der Waals surface area contributed by atoms with Crippen molar-refractivity contribution in [2.45, 2.75) is 32.6 Å². The molecule has 0 bridgehead atoms. The van der Waals surface area contributed by atoms with Gasteiger partial charge in [0.25, 0.3) is 0 Å². The number of aryl methyl sites for hydroxylation is 2. The van der Waals surface area contributed by atoms with Crippen molar-refractivity contribution < 1.29 is 0 Å². The molecule has 1 nitrogen and oxygen atoms in total. The normalized spacial score (nSPS) is 19.2. The minimum absolute atomic E-state index is 0.566. The van der Waals surface area contributed by atoms with Crippen LogP contribution in [0.4, 0.5) is 0 Å². The second-order valence-electron chi connectivity index (χ2n) is 5.15. The third-order valence-corrected chi connectivity index (χ3v) is 4.96. The van der Waals surface area contributed by atoms with Crippen molar-refractivity contribution in [2.75, 3.05) is 18.1 Å². The molecule has 1 aromatic carbocycles. The van der Waals surface area contributed by atoms with Crippen LogP contribution in [-0.2, 0) is 0 Å². The summed E-state index contributed by atoms with van der Waals surface area (Å²) in [4.78, 5) is 0. The molecule has 0 saturated carbocycles. The summed E-state index contributed by atoms with van der Waals surface area (Å²) >= 11 is 2.09. The Hall–Kier alpha value is -0.470. The molecule has 0 radical (unpaired) electrons. The molecule has 2 rings (SSSR count). The van der Waals surface area contributed by atoms with Crippen molar-refractivity contribution in [2.24, 2.45) is 11.7 Å². The summed E-state index contributed by atoms with van der Waals surface area (Å²) in [5.74, 6) is 3.98. The molecule has 17 heavy (non-hydrogen) atoms. The van der Waals surface area contributed by atoms with E-state index in [1.165, 1.54) is 41.0 Å². The monoisotopic (exact) mass is 249 g/mol. The zero-order chi connectivity index (χ0) is 12.3. The summed E-state index contributed by atoms with van der Waals surface area (Å²) < 4.78 is 0. The fourth-order valence-electron chi connectivity index (χ4n) is 2.93. The predicted molar refractivity (Wildman–Crippen MR) is 77.8 cm³/mol. The quantitative estimate of drug-likeness (QED) is 0.887. The summed E-state index contributed by atoms with van der Waals surface area (Å²) in [7, 11) is 0. The van der Waals surface area contributed by atoms with Crippen LogP contribution >= 0.6 is 11.8 Å². The zero-order valence-electron chi connectivity index (χ0n) is 10.9. The molecule has 0 amide bonds. The van der Waals surface area contributed by atoms with E-state index in [0.29, 0.717) is 5.92 Å². The number of hydrogen-bond donors (Lipinski definition) is 1. The second-order valence-corrected chi connectivity index (χ2v) is 6.38. The highest BCUT2D eigenvalue weighted by atomic mass is 32.2. The summed E-state index contributed by atoms with van der Waals surface area (Å²) in [5.41, 5.74) is 10.3. The van der Waals surface area contributed by atoms with Crippen molar-refractivity contribution in [3.05, 3.63) is 34.9 Å². The molecule has 2 heteroatoms. The van der Waals surface area contributed by atoms with Gasteiger partial charge >= 0.3 is 0 Å². The Morgan fingerprint density at radius 3 is 2.59 bits per heavy atom. The van der Waals surface area contributed by atoms with Crippen molar-refractivity contribution in [1.82, 2.24) is 0 Å². The van der Waals surface area contributed by atoms with Crippen LogP contribution in [0.2, 0.25) is 0 Å². The molecule has 94 valence electrons. The third-order valence-electron chi connectivity index (χ3n) is 3.91. The maximum atomic E-state index is 6.04.